The number of carbonyl (C=O) groups is 4. The second-order valence-electron chi connectivity index (χ2n) is 16.2. The molecule has 0 heterocycles. The Hall–Kier alpha value is -4.48. The summed E-state index contributed by atoms with van der Waals surface area (Å²) in [6.07, 6.45) is 0. The largest absolute Gasteiger partial charge is 0.488 e. The van der Waals surface area contributed by atoms with Gasteiger partial charge in [-0.3, -0.25) is 19.2 Å². The van der Waals surface area contributed by atoms with Gasteiger partial charge in [0.2, 0.25) is 0 Å². The molecule has 2 aromatic rings. The summed E-state index contributed by atoms with van der Waals surface area (Å²) in [6, 6.07) is 12.5. The molecule has 0 aliphatic rings. The minimum absolute atomic E-state index is 0.0786. The van der Waals surface area contributed by atoms with E-state index in [0.717, 1.165) is 5.56 Å². The molecule has 0 unspecified atom stereocenters. The minimum Gasteiger partial charge on any atom is -0.488 e. The van der Waals surface area contributed by atoms with Crippen LogP contribution in [0.2, 0.25) is 0 Å². The highest BCUT2D eigenvalue weighted by Gasteiger charge is 2.27. The monoisotopic (exact) mass is 714 g/mol. The van der Waals surface area contributed by atoms with Crippen LogP contribution in [0.5, 0.6) is 11.5 Å². The molecule has 0 aromatic heterocycles. The zero-order valence-electron chi connectivity index (χ0n) is 32.8. The Morgan fingerprint density at radius 2 is 0.824 bits per heavy atom. The van der Waals surface area contributed by atoms with E-state index in [-0.39, 0.29) is 39.4 Å². The lowest BCUT2D eigenvalue weighted by Crippen LogP contribution is -2.40. The van der Waals surface area contributed by atoms with E-state index >= 15 is 0 Å². The third kappa shape index (κ3) is 17.3. The van der Waals surface area contributed by atoms with Crippen LogP contribution < -0.4 is 19.3 Å². The van der Waals surface area contributed by atoms with Gasteiger partial charge in [-0.05, 0) is 120 Å². The molecule has 0 radical (unpaired) electrons. The van der Waals surface area contributed by atoms with E-state index in [2.05, 4.69) is 0 Å². The van der Waals surface area contributed by atoms with Crippen molar-refractivity contribution in [2.45, 2.75) is 112 Å². The van der Waals surface area contributed by atoms with Crippen LogP contribution in [-0.4, -0.2) is 85.7 Å². The number of aryl methyl sites for hydroxylation is 1. The molecule has 284 valence electrons. The maximum Gasteiger partial charge on any atom is 0.326 e. The maximum absolute atomic E-state index is 12.9. The number of carbonyl (C=O) groups excluding carboxylic acids is 4. The zero-order valence-corrected chi connectivity index (χ0v) is 32.8. The lowest BCUT2D eigenvalue weighted by atomic mass is 10.1. The van der Waals surface area contributed by atoms with Crippen molar-refractivity contribution in [3.05, 3.63) is 48.0 Å². The fraction of sp³-hybridized carbons (Fsp3) is 0.590. The van der Waals surface area contributed by atoms with Crippen LogP contribution in [0.25, 0.3) is 0 Å². The first-order chi connectivity index (χ1) is 23.3. The number of benzene rings is 2. The molecular weight excluding hydrogens is 656 g/mol. The van der Waals surface area contributed by atoms with Gasteiger partial charge in [-0.2, -0.15) is 0 Å². The van der Waals surface area contributed by atoms with Crippen LogP contribution in [0.15, 0.2) is 42.5 Å². The van der Waals surface area contributed by atoms with E-state index in [4.69, 9.17) is 28.4 Å². The van der Waals surface area contributed by atoms with Crippen LogP contribution in [-0.2, 0) is 38.1 Å². The Balaban J connectivity index is 2.31. The third-order valence-electron chi connectivity index (χ3n) is 6.22. The molecule has 0 atom stereocenters. The van der Waals surface area contributed by atoms with Crippen molar-refractivity contribution in [1.29, 1.82) is 0 Å². The lowest BCUT2D eigenvalue weighted by molar-refractivity contribution is -0.156. The third-order valence-corrected chi connectivity index (χ3v) is 6.22. The van der Waals surface area contributed by atoms with E-state index in [1.165, 1.54) is 0 Å². The highest BCUT2D eigenvalue weighted by atomic mass is 16.6. The Morgan fingerprint density at radius 1 is 0.490 bits per heavy atom. The quantitative estimate of drug-likeness (QED) is 0.114. The fourth-order valence-electron chi connectivity index (χ4n) is 4.71. The number of rotatable bonds is 15. The zero-order chi connectivity index (χ0) is 38.8. The second kappa shape index (κ2) is 17.6. The fourth-order valence-corrected chi connectivity index (χ4v) is 4.71. The average Bonchev–Trinajstić information content (AvgIpc) is 2.91. The SMILES string of the molecule is Cc1ccc(N(CC(=O)OC(C)(C)C)CC(=O)OC(C)(C)C)c(OCCOc2ccccc2N(CC(=O)OC(C)(C)C)CC(=O)OC(C)(C)C)c1. The number of para-hydroxylation sites is 2. The van der Waals surface area contributed by atoms with E-state index in [1.807, 2.05) is 19.1 Å². The van der Waals surface area contributed by atoms with Gasteiger partial charge in [-0.25, -0.2) is 0 Å². The van der Waals surface area contributed by atoms with Crippen molar-refractivity contribution < 1.29 is 47.6 Å². The molecule has 0 N–H and O–H groups in total. The Bertz CT molecular complexity index is 1430. The van der Waals surface area contributed by atoms with Crippen LogP contribution >= 0.6 is 0 Å². The highest BCUT2D eigenvalue weighted by Crippen LogP contribution is 2.32. The predicted octanol–water partition coefficient (Wildman–Crippen LogP) is 6.43. The van der Waals surface area contributed by atoms with Gasteiger partial charge < -0.3 is 38.2 Å². The summed E-state index contributed by atoms with van der Waals surface area (Å²) in [5.41, 5.74) is -0.980. The molecule has 0 bridgehead atoms. The normalized spacial score (nSPS) is 12.0. The van der Waals surface area contributed by atoms with Crippen LogP contribution in [0.3, 0.4) is 0 Å². The van der Waals surface area contributed by atoms with E-state index in [0.29, 0.717) is 22.9 Å². The number of esters is 4. The number of hydrogen-bond acceptors (Lipinski definition) is 12. The standard InChI is InChI=1S/C39H58N2O10/c1-27-18-19-29(41(25-34(44)50-38(8,9)10)26-35(45)51-39(11,12)13)31(22-27)47-21-20-46-30-17-15-14-16-28(30)40(23-32(42)48-36(2,3)4)24-33(43)49-37(5,6)7/h14-19,22H,20-21,23-26H2,1-13H3. The Labute approximate surface area is 303 Å². The molecule has 0 saturated carbocycles. The van der Waals surface area contributed by atoms with Crippen molar-refractivity contribution in [2.75, 3.05) is 49.2 Å². The molecule has 0 spiro atoms. The molecule has 12 heteroatoms. The average molecular weight is 715 g/mol. The van der Waals surface area contributed by atoms with Gasteiger partial charge in [0, 0.05) is 0 Å². The Kier molecular flexibility index (Phi) is 14.8. The predicted molar refractivity (Wildman–Crippen MR) is 196 cm³/mol. The van der Waals surface area contributed by atoms with E-state index in [9.17, 15) is 19.2 Å². The molecule has 2 aromatic carbocycles. The maximum atomic E-state index is 12.9. The number of ether oxygens (including phenoxy) is 6. The van der Waals surface area contributed by atoms with E-state index in [1.54, 1.807) is 123 Å². The molecule has 0 aliphatic heterocycles. The second-order valence-corrected chi connectivity index (χ2v) is 16.2. The lowest BCUT2D eigenvalue weighted by Gasteiger charge is -2.29. The van der Waals surface area contributed by atoms with Gasteiger partial charge in [0.1, 0.15) is 73.3 Å². The van der Waals surface area contributed by atoms with Crippen LogP contribution in [0, 0.1) is 6.92 Å². The Morgan fingerprint density at radius 3 is 1.20 bits per heavy atom. The van der Waals surface area contributed by atoms with Gasteiger partial charge in [-0.15, -0.1) is 0 Å². The molecule has 51 heavy (non-hydrogen) atoms. The number of hydrogen-bond donors (Lipinski definition) is 0. The molecule has 0 amide bonds. The number of nitrogens with zero attached hydrogens (tertiary/aromatic N) is 2. The summed E-state index contributed by atoms with van der Waals surface area (Å²) in [5.74, 6) is -1.22. The summed E-state index contributed by atoms with van der Waals surface area (Å²) < 4.78 is 34.5. The molecule has 12 nitrogen and oxygen atoms in total. The molecule has 0 fully saturated rings. The van der Waals surface area contributed by atoms with Crippen LogP contribution in [0.4, 0.5) is 11.4 Å². The topological polar surface area (TPSA) is 130 Å². The van der Waals surface area contributed by atoms with Gasteiger partial charge >= 0.3 is 23.9 Å². The molecule has 2 rings (SSSR count). The van der Waals surface area contributed by atoms with Crippen LogP contribution in [0.1, 0.15) is 88.6 Å². The van der Waals surface area contributed by atoms with Gasteiger partial charge in [0.05, 0.1) is 11.4 Å². The van der Waals surface area contributed by atoms with Crippen molar-refractivity contribution in [1.82, 2.24) is 0 Å². The van der Waals surface area contributed by atoms with Gasteiger partial charge in [0.15, 0.2) is 0 Å². The summed E-state index contributed by atoms with van der Waals surface area (Å²) in [7, 11) is 0. The molecule has 0 aliphatic carbocycles. The first kappa shape index (κ1) is 42.7. The van der Waals surface area contributed by atoms with Crippen molar-refractivity contribution in [3.63, 3.8) is 0 Å². The summed E-state index contributed by atoms with van der Waals surface area (Å²) in [5, 5.41) is 0. The summed E-state index contributed by atoms with van der Waals surface area (Å²) >= 11 is 0. The van der Waals surface area contributed by atoms with Crippen molar-refractivity contribution in [2.24, 2.45) is 0 Å². The van der Waals surface area contributed by atoms with E-state index < -0.39 is 46.3 Å². The smallest absolute Gasteiger partial charge is 0.326 e. The number of anilines is 2. The molecule has 0 saturated heterocycles. The summed E-state index contributed by atoms with van der Waals surface area (Å²) in [6.45, 7) is 22.5. The minimum atomic E-state index is -0.718. The van der Waals surface area contributed by atoms with Gasteiger partial charge in [0.25, 0.3) is 0 Å². The first-order valence-electron chi connectivity index (χ1n) is 17.1. The summed E-state index contributed by atoms with van der Waals surface area (Å²) in [4.78, 5) is 54.7. The van der Waals surface area contributed by atoms with Crippen molar-refractivity contribution in [3.8, 4) is 11.5 Å². The van der Waals surface area contributed by atoms with Crippen molar-refractivity contribution >= 4 is 35.3 Å². The van der Waals surface area contributed by atoms with Gasteiger partial charge in [-0.1, -0.05) is 18.2 Å². The molecular formula is C39H58N2O10. The highest BCUT2D eigenvalue weighted by molar-refractivity contribution is 5.84. The first-order valence-corrected chi connectivity index (χ1v) is 17.1.